The van der Waals surface area contributed by atoms with E-state index in [1.54, 1.807) is 31.4 Å². The Morgan fingerprint density at radius 1 is 0.898 bits per heavy atom. The Labute approximate surface area is 291 Å². The largest absolute Gasteiger partial charge is 0.388 e. The van der Waals surface area contributed by atoms with Gasteiger partial charge in [0.2, 0.25) is 0 Å². The molecule has 2 aliphatic rings. The summed E-state index contributed by atoms with van der Waals surface area (Å²) in [5, 5.41) is 28.7. The highest BCUT2D eigenvalue weighted by Gasteiger charge is 2.53. The van der Waals surface area contributed by atoms with Crippen LogP contribution < -0.4 is 5.32 Å². The van der Waals surface area contributed by atoms with E-state index in [9.17, 15) is 19.8 Å². The number of hydrogen-bond donors (Lipinski definition) is 3. The van der Waals surface area contributed by atoms with Crippen LogP contribution in [0.15, 0.2) is 29.4 Å². The molecule has 2 amide bonds. The van der Waals surface area contributed by atoms with Crippen molar-refractivity contribution in [2.75, 3.05) is 46.6 Å². The van der Waals surface area contributed by atoms with Crippen molar-refractivity contribution in [2.24, 2.45) is 5.11 Å². The molecule has 1 aromatic rings. The van der Waals surface area contributed by atoms with Gasteiger partial charge in [0.15, 0.2) is 6.29 Å². The molecule has 0 spiro atoms. The van der Waals surface area contributed by atoms with Gasteiger partial charge in [-0.05, 0) is 24.1 Å². The zero-order chi connectivity index (χ0) is 35.3. The highest BCUT2D eigenvalue weighted by molar-refractivity contribution is 6.21. The number of fused-ring (bicyclic) bond motifs is 1. The predicted octanol–water partition coefficient (Wildman–Crippen LogP) is 5.53. The normalized spacial score (nSPS) is 22.7. The number of amides is 2. The van der Waals surface area contributed by atoms with Gasteiger partial charge in [-0.2, -0.15) is 0 Å². The van der Waals surface area contributed by atoms with Gasteiger partial charge in [0.1, 0.15) is 30.5 Å². The number of benzene rings is 1. The van der Waals surface area contributed by atoms with Crippen LogP contribution in [0.1, 0.15) is 118 Å². The van der Waals surface area contributed by atoms with E-state index in [4.69, 9.17) is 24.5 Å². The smallest absolute Gasteiger partial charge is 0.262 e. The van der Waals surface area contributed by atoms with Crippen molar-refractivity contribution in [2.45, 2.75) is 134 Å². The zero-order valence-corrected chi connectivity index (χ0v) is 29.5. The van der Waals surface area contributed by atoms with Crippen LogP contribution in [0.25, 0.3) is 10.4 Å². The van der Waals surface area contributed by atoms with Crippen molar-refractivity contribution >= 4 is 11.8 Å². The first-order valence-corrected chi connectivity index (χ1v) is 18.4. The lowest BCUT2D eigenvalue weighted by Gasteiger charge is -2.45. The van der Waals surface area contributed by atoms with Gasteiger partial charge >= 0.3 is 0 Å². The maximum absolute atomic E-state index is 13.3. The SMILES string of the molecule is CCCCCCCCCCCCCCCCOCC(CO[C@@H]1OC(CNCCN=[N+]=[N-])[C@@H](O)[C@H](O)C1N1C(=O)c2ccccc2C1=O)OC. The molecular weight excluding hydrogens is 630 g/mol. The van der Waals surface area contributed by atoms with Crippen molar-refractivity contribution in [3.05, 3.63) is 45.8 Å². The molecule has 1 aromatic carbocycles. The first kappa shape index (κ1) is 40.8. The second-order valence-electron chi connectivity index (χ2n) is 13.1. The molecular formula is C36H59N5O8. The molecule has 276 valence electrons. The van der Waals surface area contributed by atoms with Crippen molar-refractivity contribution in [3.8, 4) is 0 Å². The monoisotopic (exact) mass is 689 g/mol. The van der Waals surface area contributed by atoms with E-state index in [0.717, 1.165) is 17.7 Å². The molecule has 3 rings (SSSR count). The molecule has 0 saturated carbocycles. The summed E-state index contributed by atoms with van der Waals surface area (Å²) < 4.78 is 23.6. The van der Waals surface area contributed by atoms with Gasteiger partial charge in [-0.15, -0.1) is 0 Å². The molecule has 2 aliphatic heterocycles. The molecule has 2 heterocycles. The summed E-state index contributed by atoms with van der Waals surface area (Å²) in [6.07, 6.45) is 12.4. The minimum absolute atomic E-state index is 0.000571. The van der Waals surface area contributed by atoms with Crippen LogP contribution in [-0.4, -0.2) is 110 Å². The van der Waals surface area contributed by atoms with Gasteiger partial charge < -0.3 is 34.5 Å². The molecule has 13 heteroatoms. The number of methoxy groups -OCH3 is 1. The lowest BCUT2D eigenvalue weighted by Crippen LogP contribution is -2.66. The maximum atomic E-state index is 13.3. The summed E-state index contributed by atoms with van der Waals surface area (Å²) >= 11 is 0. The maximum Gasteiger partial charge on any atom is 0.262 e. The van der Waals surface area contributed by atoms with Gasteiger partial charge in [-0.3, -0.25) is 14.5 Å². The van der Waals surface area contributed by atoms with Gasteiger partial charge in [-0.25, -0.2) is 0 Å². The molecule has 3 unspecified atom stereocenters. The van der Waals surface area contributed by atoms with Crippen molar-refractivity contribution in [1.82, 2.24) is 10.2 Å². The fourth-order valence-electron chi connectivity index (χ4n) is 6.39. The molecule has 6 atom stereocenters. The minimum atomic E-state index is -1.55. The molecule has 0 aliphatic carbocycles. The second kappa shape index (κ2) is 23.7. The fourth-order valence-corrected chi connectivity index (χ4v) is 6.39. The standard InChI is InChI=1S/C36H59N5O8/c1-3-4-5-6-7-8-9-10-11-12-13-14-15-18-23-47-25-27(46-2)26-48-36-31(41-34(44)28-19-16-17-20-29(28)35(41)45)33(43)32(42)30(49-36)24-38-21-22-39-40-37/h16-17,19-20,27,30-33,36,38,42-43H,3-15,18,21-26H2,1-2H3/t27?,30?,31?,32-,33-,36-/m1/s1. The van der Waals surface area contributed by atoms with Gasteiger partial charge in [0.05, 0.1) is 24.3 Å². The minimum Gasteiger partial charge on any atom is -0.388 e. The van der Waals surface area contributed by atoms with Crippen LogP contribution in [0.2, 0.25) is 0 Å². The number of hydrogen-bond acceptors (Lipinski definition) is 10. The van der Waals surface area contributed by atoms with E-state index in [2.05, 4.69) is 22.3 Å². The van der Waals surface area contributed by atoms with E-state index in [1.807, 2.05) is 0 Å². The number of azide groups is 1. The molecule has 13 nitrogen and oxygen atoms in total. The predicted molar refractivity (Wildman–Crippen MR) is 186 cm³/mol. The summed E-state index contributed by atoms with van der Waals surface area (Å²) in [5.74, 6) is -1.19. The first-order chi connectivity index (χ1) is 23.9. The van der Waals surface area contributed by atoms with Crippen molar-refractivity contribution in [1.29, 1.82) is 0 Å². The Morgan fingerprint density at radius 2 is 1.47 bits per heavy atom. The topological polar surface area (TPSA) is 176 Å². The lowest BCUT2D eigenvalue weighted by molar-refractivity contribution is -0.278. The third kappa shape index (κ3) is 13.2. The van der Waals surface area contributed by atoms with Crippen LogP contribution in [0.5, 0.6) is 0 Å². The summed E-state index contributed by atoms with van der Waals surface area (Å²) in [6, 6.07) is 5.10. The molecule has 3 N–H and O–H groups in total. The number of imide groups is 1. The van der Waals surface area contributed by atoms with Gasteiger partial charge in [0.25, 0.3) is 11.8 Å². The Bertz CT molecular complexity index is 1120. The van der Waals surface area contributed by atoms with E-state index in [-0.39, 0.29) is 37.4 Å². The molecule has 49 heavy (non-hydrogen) atoms. The van der Waals surface area contributed by atoms with Gasteiger partial charge in [-0.1, -0.05) is 108 Å². The van der Waals surface area contributed by atoms with Crippen molar-refractivity contribution in [3.63, 3.8) is 0 Å². The average Bonchev–Trinajstić information content (AvgIpc) is 3.36. The van der Waals surface area contributed by atoms with Gasteiger partial charge in [0, 0.05) is 38.3 Å². The Kier molecular flexibility index (Phi) is 19.8. The highest BCUT2D eigenvalue weighted by Crippen LogP contribution is 2.32. The van der Waals surface area contributed by atoms with Crippen LogP contribution in [0, 0.1) is 0 Å². The lowest BCUT2D eigenvalue weighted by atomic mass is 9.95. The number of nitrogens with zero attached hydrogens (tertiary/aromatic N) is 4. The Hall–Kier alpha value is -2.61. The third-order valence-electron chi connectivity index (χ3n) is 9.32. The van der Waals surface area contributed by atoms with E-state index in [0.29, 0.717) is 13.2 Å². The van der Waals surface area contributed by atoms with Crippen LogP contribution in [0.3, 0.4) is 0 Å². The molecule has 1 saturated heterocycles. The molecule has 0 bridgehead atoms. The van der Waals surface area contributed by atoms with Crippen LogP contribution in [0.4, 0.5) is 0 Å². The van der Waals surface area contributed by atoms with Crippen LogP contribution in [-0.2, 0) is 18.9 Å². The average molecular weight is 690 g/mol. The summed E-state index contributed by atoms with van der Waals surface area (Å²) in [4.78, 5) is 30.3. The van der Waals surface area contributed by atoms with Crippen molar-refractivity contribution < 1.29 is 38.7 Å². The fraction of sp³-hybridized carbons (Fsp3) is 0.778. The number of aliphatic hydroxyl groups is 2. The number of carbonyl (C=O) groups is 2. The summed E-state index contributed by atoms with van der Waals surface area (Å²) in [6.45, 7) is 3.74. The Balaban J connectivity index is 1.43. The van der Waals surface area contributed by atoms with E-state index in [1.165, 1.54) is 77.0 Å². The van der Waals surface area contributed by atoms with Crippen LogP contribution >= 0.6 is 0 Å². The summed E-state index contributed by atoms with van der Waals surface area (Å²) in [7, 11) is 1.54. The second-order valence-corrected chi connectivity index (χ2v) is 13.1. The number of ether oxygens (including phenoxy) is 4. The van der Waals surface area contributed by atoms with E-state index < -0.39 is 48.6 Å². The third-order valence-corrected chi connectivity index (χ3v) is 9.32. The number of aliphatic hydroxyl groups excluding tert-OH is 2. The number of nitrogens with one attached hydrogen (secondary N) is 1. The zero-order valence-electron chi connectivity index (χ0n) is 29.5. The molecule has 1 fully saturated rings. The quantitative estimate of drug-likeness (QED) is 0.0353. The van der Waals surface area contributed by atoms with E-state index >= 15 is 0 Å². The summed E-state index contributed by atoms with van der Waals surface area (Å²) in [5.41, 5.74) is 8.92. The molecule has 0 aromatic heterocycles. The number of carbonyl (C=O) groups excluding carboxylic acids is 2. The highest BCUT2D eigenvalue weighted by atomic mass is 16.7. The number of unbranched alkanes of at least 4 members (excludes halogenated alkanes) is 13. The Morgan fingerprint density at radius 3 is 2.02 bits per heavy atom. The molecule has 0 radical (unpaired) electrons. The number of rotatable bonds is 27. The first-order valence-electron chi connectivity index (χ1n) is 18.4.